The zero-order chi connectivity index (χ0) is 66.3. The van der Waals surface area contributed by atoms with Gasteiger partial charge < -0.3 is 33.8 Å². The zero-order valence-corrected chi connectivity index (χ0v) is 60.1. The summed E-state index contributed by atoms with van der Waals surface area (Å²) in [6.45, 7) is 7.28. The third-order valence-electron chi connectivity index (χ3n) is 16.9. The minimum absolute atomic E-state index is 0.106. The first kappa shape index (κ1) is 88.1. The number of unbranched alkanes of at least 4 members (excludes halogenated alkanes) is 42. The lowest BCUT2D eigenvalue weighted by Gasteiger charge is -2.21. The van der Waals surface area contributed by atoms with Gasteiger partial charge in [-0.3, -0.25) is 37.3 Å². The fourth-order valence-electron chi connectivity index (χ4n) is 10.8. The van der Waals surface area contributed by atoms with Gasteiger partial charge in [0, 0.05) is 25.7 Å². The molecule has 17 nitrogen and oxygen atoms in total. The van der Waals surface area contributed by atoms with E-state index in [1.54, 1.807) is 0 Å². The van der Waals surface area contributed by atoms with E-state index in [0.29, 0.717) is 25.7 Å². The molecular weight excluding hydrogens is 1190 g/mol. The summed E-state index contributed by atoms with van der Waals surface area (Å²) in [7, 11) is -9.89. The van der Waals surface area contributed by atoms with Crippen LogP contribution in [0.25, 0.3) is 0 Å². The maximum Gasteiger partial charge on any atom is 0.472 e. The molecule has 90 heavy (non-hydrogen) atoms. The van der Waals surface area contributed by atoms with Crippen molar-refractivity contribution in [3.63, 3.8) is 0 Å². The van der Waals surface area contributed by atoms with E-state index in [2.05, 4.69) is 34.6 Å². The highest BCUT2D eigenvalue weighted by Crippen LogP contribution is 2.45. The molecule has 6 atom stereocenters. The molecule has 3 N–H and O–H groups in total. The molecule has 0 radical (unpaired) electrons. The standard InChI is InChI=1S/C71H138O17P2/c1-6-10-13-16-19-22-24-25-29-32-36-40-45-50-55-69(74)82-61-67(88-71(76)57-52-47-42-37-33-30-27-26-28-31-34-38-43-48-53-64(5)9-4)63-86-90(79,80)84-59-65(72)58-83-89(77,78)85-62-66(60-81-68(73)54-49-44-39-21-18-15-12-8-3)87-70(75)56-51-46-41-35-23-20-17-14-11-7-2/h64-67,72H,6-63H2,1-5H3,(H,77,78)(H,79,80)/t64?,65-,66+,67+/m0/s1. The molecule has 0 spiro atoms. The van der Waals surface area contributed by atoms with Crippen LogP contribution in [-0.4, -0.2) is 96.7 Å². The van der Waals surface area contributed by atoms with E-state index in [9.17, 15) is 43.2 Å². The topological polar surface area (TPSA) is 237 Å². The summed E-state index contributed by atoms with van der Waals surface area (Å²) in [5.41, 5.74) is 0. The third kappa shape index (κ3) is 63.5. The van der Waals surface area contributed by atoms with Crippen molar-refractivity contribution in [3.05, 3.63) is 0 Å². The maximum absolute atomic E-state index is 13.0. The highest BCUT2D eigenvalue weighted by molar-refractivity contribution is 7.47. The summed E-state index contributed by atoms with van der Waals surface area (Å²) in [6, 6.07) is 0. The first-order valence-corrected chi connectivity index (χ1v) is 40.2. The van der Waals surface area contributed by atoms with Crippen molar-refractivity contribution in [2.45, 2.75) is 387 Å². The van der Waals surface area contributed by atoms with Gasteiger partial charge in [-0.1, -0.05) is 317 Å². The highest BCUT2D eigenvalue weighted by Gasteiger charge is 2.30. The average molecular weight is 1330 g/mol. The Morgan fingerprint density at radius 2 is 0.533 bits per heavy atom. The molecule has 0 rings (SSSR count). The van der Waals surface area contributed by atoms with Crippen LogP contribution >= 0.6 is 15.6 Å². The van der Waals surface area contributed by atoms with Crippen molar-refractivity contribution in [1.82, 2.24) is 0 Å². The van der Waals surface area contributed by atoms with E-state index in [0.717, 1.165) is 102 Å². The quantitative estimate of drug-likeness (QED) is 0.0222. The lowest BCUT2D eigenvalue weighted by Crippen LogP contribution is -2.30. The summed E-state index contributed by atoms with van der Waals surface area (Å²) < 4.78 is 68.2. The average Bonchev–Trinajstić information content (AvgIpc) is 3.27. The second-order valence-electron chi connectivity index (χ2n) is 25.9. The molecule has 0 aromatic heterocycles. The fourth-order valence-corrected chi connectivity index (χ4v) is 12.4. The van der Waals surface area contributed by atoms with Gasteiger partial charge in [0.15, 0.2) is 12.2 Å². The van der Waals surface area contributed by atoms with Gasteiger partial charge in [0.25, 0.3) is 0 Å². The summed E-state index contributed by atoms with van der Waals surface area (Å²) in [5.74, 6) is -1.28. The van der Waals surface area contributed by atoms with Gasteiger partial charge >= 0.3 is 39.5 Å². The predicted octanol–water partition coefficient (Wildman–Crippen LogP) is 20.5. The van der Waals surface area contributed by atoms with Crippen LogP contribution in [0.5, 0.6) is 0 Å². The predicted molar refractivity (Wildman–Crippen MR) is 363 cm³/mol. The molecule has 0 heterocycles. The first-order valence-electron chi connectivity index (χ1n) is 37.2. The maximum atomic E-state index is 13.0. The van der Waals surface area contributed by atoms with Crippen LogP contribution in [0.4, 0.5) is 0 Å². The number of hydrogen-bond acceptors (Lipinski definition) is 15. The van der Waals surface area contributed by atoms with Crippen LogP contribution < -0.4 is 0 Å². The Labute approximate surface area is 549 Å². The molecule has 0 saturated heterocycles. The van der Waals surface area contributed by atoms with Crippen LogP contribution in [0.15, 0.2) is 0 Å². The highest BCUT2D eigenvalue weighted by atomic mass is 31.2. The molecule has 534 valence electrons. The van der Waals surface area contributed by atoms with Crippen LogP contribution in [0, 0.1) is 5.92 Å². The summed E-state index contributed by atoms with van der Waals surface area (Å²) in [6.07, 6.45) is 51.2. The number of phosphoric ester groups is 2. The van der Waals surface area contributed by atoms with Crippen molar-refractivity contribution < 1.29 is 80.2 Å². The Balaban J connectivity index is 5.20. The second-order valence-corrected chi connectivity index (χ2v) is 28.8. The lowest BCUT2D eigenvalue weighted by atomic mass is 9.99. The number of esters is 4. The van der Waals surface area contributed by atoms with Gasteiger partial charge in [-0.25, -0.2) is 9.13 Å². The Hall–Kier alpha value is -1.94. The minimum Gasteiger partial charge on any atom is -0.462 e. The Bertz CT molecular complexity index is 1740. The summed E-state index contributed by atoms with van der Waals surface area (Å²) in [4.78, 5) is 72.5. The van der Waals surface area contributed by atoms with Crippen molar-refractivity contribution >= 4 is 39.5 Å². The van der Waals surface area contributed by atoms with Gasteiger partial charge in [-0.15, -0.1) is 0 Å². The Kier molecular flexibility index (Phi) is 63.0. The van der Waals surface area contributed by atoms with E-state index >= 15 is 0 Å². The molecule has 0 aliphatic heterocycles. The molecule has 0 aromatic rings. The number of carbonyl (C=O) groups excluding carboxylic acids is 4. The molecule has 19 heteroatoms. The monoisotopic (exact) mass is 1320 g/mol. The molecule has 0 bridgehead atoms. The number of ether oxygens (including phenoxy) is 4. The molecular formula is C71H138O17P2. The third-order valence-corrected chi connectivity index (χ3v) is 18.8. The van der Waals surface area contributed by atoms with Crippen molar-refractivity contribution in [3.8, 4) is 0 Å². The largest absolute Gasteiger partial charge is 0.472 e. The van der Waals surface area contributed by atoms with Crippen molar-refractivity contribution in [2.24, 2.45) is 5.92 Å². The molecule has 0 fully saturated rings. The molecule has 0 aromatic carbocycles. The first-order chi connectivity index (χ1) is 43.6. The van der Waals surface area contributed by atoms with Crippen LogP contribution in [-0.2, 0) is 65.4 Å². The number of aliphatic hydroxyl groups is 1. The Morgan fingerprint density at radius 3 is 0.789 bits per heavy atom. The summed E-state index contributed by atoms with van der Waals surface area (Å²) in [5, 5.41) is 10.6. The lowest BCUT2D eigenvalue weighted by molar-refractivity contribution is -0.161. The molecule has 3 unspecified atom stereocenters. The van der Waals surface area contributed by atoms with Gasteiger partial charge in [0.2, 0.25) is 0 Å². The number of carbonyl (C=O) groups is 4. The fraction of sp³-hybridized carbons (Fsp3) is 0.944. The smallest absolute Gasteiger partial charge is 0.462 e. The van der Waals surface area contributed by atoms with Gasteiger partial charge in [-0.05, 0) is 31.6 Å². The van der Waals surface area contributed by atoms with E-state index in [4.69, 9.17) is 37.0 Å². The number of phosphoric acid groups is 2. The molecule has 0 aliphatic rings. The molecule has 0 aliphatic carbocycles. The van der Waals surface area contributed by atoms with E-state index in [-0.39, 0.29) is 25.7 Å². The molecule has 0 amide bonds. The van der Waals surface area contributed by atoms with E-state index in [1.165, 1.54) is 186 Å². The van der Waals surface area contributed by atoms with Crippen LogP contribution in [0.2, 0.25) is 0 Å². The van der Waals surface area contributed by atoms with Gasteiger partial charge in [0.1, 0.15) is 19.3 Å². The summed E-state index contributed by atoms with van der Waals surface area (Å²) >= 11 is 0. The van der Waals surface area contributed by atoms with Crippen LogP contribution in [0.1, 0.15) is 369 Å². The molecule has 0 saturated carbocycles. The van der Waals surface area contributed by atoms with Crippen molar-refractivity contribution in [1.29, 1.82) is 0 Å². The van der Waals surface area contributed by atoms with E-state index in [1.807, 2.05) is 0 Å². The van der Waals surface area contributed by atoms with Gasteiger partial charge in [-0.2, -0.15) is 0 Å². The van der Waals surface area contributed by atoms with Crippen molar-refractivity contribution in [2.75, 3.05) is 39.6 Å². The Morgan fingerprint density at radius 1 is 0.311 bits per heavy atom. The van der Waals surface area contributed by atoms with Gasteiger partial charge in [0.05, 0.1) is 26.4 Å². The van der Waals surface area contributed by atoms with Crippen LogP contribution in [0.3, 0.4) is 0 Å². The SMILES string of the molecule is CCCCCCCCCCCCCCCCC(=O)OC[C@H](COP(=O)(O)OC[C@@H](O)COP(=O)(O)OC[C@@H](COC(=O)CCCCCCCCCC)OC(=O)CCCCCCCCCCCC)OC(=O)CCCCCCCCCCCCCCCCC(C)CC. The zero-order valence-electron chi connectivity index (χ0n) is 58.3. The number of hydrogen-bond donors (Lipinski definition) is 3. The number of rotatable bonds is 71. The van der Waals surface area contributed by atoms with E-state index < -0.39 is 97.5 Å². The minimum atomic E-state index is -4.95. The number of aliphatic hydroxyl groups excluding tert-OH is 1. The normalized spacial score (nSPS) is 14.4. The second kappa shape index (κ2) is 64.4.